The van der Waals surface area contributed by atoms with Gasteiger partial charge in [-0.3, -0.25) is 10.1 Å². The Morgan fingerprint density at radius 2 is 1.80 bits per heavy atom. The lowest BCUT2D eigenvalue weighted by molar-refractivity contribution is 0.102. The lowest BCUT2D eigenvalue weighted by atomic mass is 10.0. The monoisotopic (exact) mass is 503 g/mol. The van der Waals surface area contributed by atoms with Crippen LogP contribution in [0.5, 0.6) is 0 Å². The third kappa shape index (κ3) is 3.67. The Hall–Kier alpha value is -3.07. The number of nitrogens with zero attached hydrogens (tertiary/aromatic N) is 2. The number of fused-ring (bicyclic) bond motifs is 3. The van der Waals surface area contributed by atoms with E-state index in [9.17, 15) is 13.2 Å². The van der Waals surface area contributed by atoms with E-state index in [1.165, 1.54) is 34.2 Å². The second-order valence-electron chi connectivity index (χ2n) is 9.06. The van der Waals surface area contributed by atoms with Crippen molar-refractivity contribution < 1.29 is 13.2 Å². The predicted molar refractivity (Wildman–Crippen MR) is 140 cm³/mol. The number of carbonyl (C=O) groups is 1. The van der Waals surface area contributed by atoms with Gasteiger partial charge in [0.25, 0.3) is 5.91 Å². The number of aromatic nitrogens is 1. The van der Waals surface area contributed by atoms with E-state index in [2.05, 4.69) is 29.6 Å². The molecule has 6 nitrogen and oxygen atoms in total. The molecule has 4 aromatic rings. The van der Waals surface area contributed by atoms with Crippen LogP contribution in [0.15, 0.2) is 65.6 Å². The number of hydrogen-bond acceptors (Lipinski definition) is 5. The molecule has 2 aliphatic rings. The van der Waals surface area contributed by atoms with Crippen LogP contribution >= 0.6 is 11.3 Å². The minimum Gasteiger partial charge on any atom is -0.298 e. The van der Waals surface area contributed by atoms with Crippen LogP contribution in [0.2, 0.25) is 0 Å². The number of carbonyl (C=O) groups excluding carboxylic acids is 1. The van der Waals surface area contributed by atoms with Gasteiger partial charge in [-0.15, -0.1) is 0 Å². The molecular formula is C27H25N3O3S2. The molecule has 0 unspecified atom stereocenters. The minimum absolute atomic E-state index is 0.0413. The molecule has 0 spiro atoms. The van der Waals surface area contributed by atoms with E-state index in [0.717, 1.165) is 47.4 Å². The maximum Gasteiger partial charge on any atom is 0.257 e. The van der Waals surface area contributed by atoms with E-state index in [-0.39, 0.29) is 16.8 Å². The standard InChI is InChI=1S/C27H25N3O3S2/c1-2-19-9-3-4-16-30(19)35(32,33)20-14-12-18(13-15-20)26(31)29-27-28-24-21-10-5-7-17-8-6-11-22(23(17)21)25(24)34-27/h5-8,10-15,19H,2-4,9,16H2,1H3,(H,28,29,31)/t19-/m1/s1. The zero-order chi connectivity index (χ0) is 24.2. The van der Waals surface area contributed by atoms with Gasteiger partial charge in [-0.2, -0.15) is 4.31 Å². The molecular weight excluding hydrogens is 478 g/mol. The molecule has 1 N–H and O–H groups in total. The summed E-state index contributed by atoms with van der Waals surface area (Å²) in [6.07, 6.45) is 3.64. The van der Waals surface area contributed by atoms with Crippen molar-refractivity contribution in [3.05, 3.63) is 66.2 Å². The molecule has 3 aromatic carbocycles. The lowest BCUT2D eigenvalue weighted by Crippen LogP contribution is -2.43. The van der Waals surface area contributed by atoms with Crippen LogP contribution in [-0.2, 0) is 10.0 Å². The molecule has 178 valence electrons. The summed E-state index contributed by atoms with van der Waals surface area (Å²) in [6.45, 7) is 2.58. The van der Waals surface area contributed by atoms with E-state index in [1.807, 2.05) is 19.1 Å². The third-order valence-electron chi connectivity index (χ3n) is 7.02. The van der Waals surface area contributed by atoms with Crippen molar-refractivity contribution in [2.75, 3.05) is 11.9 Å². The SMILES string of the molecule is CC[C@@H]1CCCCN1S(=O)(=O)c1ccc(C(=O)Nc2nc3c(s2)-c2cccc4cccc-3c24)cc1. The van der Waals surface area contributed by atoms with Gasteiger partial charge in [-0.05, 0) is 54.3 Å². The fraction of sp³-hybridized carbons (Fsp3) is 0.259. The maximum atomic E-state index is 13.2. The van der Waals surface area contributed by atoms with Crippen molar-refractivity contribution in [3.8, 4) is 21.7 Å². The van der Waals surface area contributed by atoms with Crippen LogP contribution in [0.3, 0.4) is 0 Å². The second kappa shape index (κ2) is 8.55. The number of thiazole rings is 1. The van der Waals surface area contributed by atoms with Gasteiger partial charge in [0.05, 0.1) is 15.5 Å². The van der Waals surface area contributed by atoms with Gasteiger partial charge in [0.1, 0.15) is 0 Å². The number of anilines is 1. The van der Waals surface area contributed by atoms with E-state index in [0.29, 0.717) is 17.2 Å². The molecule has 1 atom stereocenters. The normalized spacial score (nSPS) is 17.5. The Morgan fingerprint density at radius 1 is 1.06 bits per heavy atom. The quantitative estimate of drug-likeness (QED) is 0.312. The summed E-state index contributed by atoms with van der Waals surface area (Å²) >= 11 is 1.46. The molecule has 1 fully saturated rings. The largest absolute Gasteiger partial charge is 0.298 e. The van der Waals surface area contributed by atoms with Gasteiger partial charge >= 0.3 is 0 Å². The smallest absolute Gasteiger partial charge is 0.257 e. The van der Waals surface area contributed by atoms with Crippen molar-refractivity contribution >= 4 is 43.2 Å². The highest BCUT2D eigenvalue weighted by Gasteiger charge is 2.32. The summed E-state index contributed by atoms with van der Waals surface area (Å²) < 4.78 is 28.0. The Labute approximate surface area is 208 Å². The number of hydrogen-bond donors (Lipinski definition) is 1. The first-order chi connectivity index (χ1) is 17.0. The van der Waals surface area contributed by atoms with E-state index < -0.39 is 10.0 Å². The van der Waals surface area contributed by atoms with Crippen molar-refractivity contribution in [2.24, 2.45) is 0 Å². The van der Waals surface area contributed by atoms with Crippen LogP contribution in [0.25, 0.3) is 32.5 Å². The maximum absolute atomic E-state index is 13.2. The first kappa shape index (κ1) is 22.4. The van der Waals surface area contributed by atoms with Gasteiger partial charge in [0.2, 0.25) is 10.0 Å². The van der Waals surface area contributed by atoms with Gasteiger partial charge in [0, 0.05) is 29.3 Å². The average Bonchev–Trinajstić information content (AvgIpc) is 3.43. The Morgan fingerprint density at radius 3 is 2.54 bits per heavy atom. The van der Waals surface area contributed by atoms with Gasteiger partial charge in [-0.25, -0.2) is 13.4 Å². The highest BCUT2D eigenvalue weighted by molar-refractivity contribution is 7.89. The molecule has 35 heavy (non-hydrogen) atoms. The molecule has 1 saturated heterocycles. The highest BCUT2D eigenvalue weighted by Crippen LogP contribution is 2.50. The zero-order valence-corrected chi connectivity index (χ0v) is 21.0. The van der Waals surface area contributed by atoms with Gasteiger partial charge in [-0.1, -0.05) is 61.1 Å². The van der Waals surface area contributed by atoms with Gasteiger partial charge < -0.3 is 0 Å². The Balaban J connectivity index is 1.22. The number of amides is 1. The summed E-state index contributed by atoms with van der Waals surface area (Å²) in [4.78, 5) is 18.9. The Kier molecular flexibility index (Phi) is 5.47. The van der Waals surface area contributed by atoms with Crippen LogP contribution in [0, 0.1) is 0 Å². The molecule has 0 radical (unpaired) electrons. The topological polar surface area (TPSA) is 79.4 Å². The molecule has 1 aliphatic heterocycles. The zero-order valence-electron chi connectivity index (χ0n) is 19.3. The first-order valence-electron chi connectivity index (χ1n) is 11.9. The van der Waals surface area contributed by atoms with Crippen LogP contribution in [0.4, 0.5) is 5.13 Å². The van der Waals surface area contributed by atoms with E-state index in [4.69, 9.17) is 4.98 Å². The second-order valence-corrected chi connectivity index (χ2v) is 11.9. The number of benzene rings is 3. The summed E-state index contributed by atoms with van der Waals surface area (Å²) in [7, 11) is -3.58. The molecule has 0 saturated carbocycles. The molecule has 1 aliphatic carbocycles. The average molecular weight is 504 g/mol. The molecule has 6 rings (SSSR count). The van der Waals surface area contributed by atoms with Crippen LogP contribution < -0.4 is 5.32 Å². The number of rotatable bonds is 5. The first-order valence-corrected chi connectivity index (χ1v) is 14.2. The lowest BCUT2D eigenvalue weighted by Gasteiger charge is -2.34. The summed E-state index contributed by atoms with van der Waals surface area (Å²) in [5.74, 6) is -0.308. The molecule has 2 heterocycles. The van der Waals surface area contributed by atoms with Crippen LogP contribution in [0.1, 0.15) is 43.0 Å². The number of sulfonamides is 1. The highest BCUT2D eigenvalue weighted by atomic mass is 32.2. The van der Waals surface area contributed by atoms with Crippen LogP contribution in [-0.4, -0.2) is 36.2 Å². The molecule has 8 heteroatoms. The van der Waals surface area contributed by atoms with E-state index >= 15 is 0 Å². The fourth-order valence-electron chi connectivity index (χ4n) is 5.25. The number of nitrogens with one attached hydrogen (secondary N) is 1. The summed E-state index contributed by atoms with van der Waals surface area (Å²) in [5, 5.41) is 5.81. The van der Waals surface area contributed by atoms with Crippen molar-refractivity contribution in [2.45, 2.75) is 43.5 Å². The predicted octanol–water partition coefficient (Wildman–Crippen LogP) is 6.15. The minimum atomic E-state index is -3.58. The van der Waals surface area contributed by atoms with Gasteiger partial charge in [0.15, 0.2) is 5.13 Å². The summed E-state index contributed by atoms with van der Waals surface area (Å²) in [5.41, 5.74) is 3.52. The Bertz CT molecular complexity index is 1500. The molecule has 1 amide bonds. The number of piperidine rings is 1. The third-order valence-corrected chi connectivity index (χ3v) is 9.99. The fourth-order valence-corrected chi connectivity index (χ4v) is 8.02. The molecule has 0 bridgehead atoms. The van der Waals surface area contributed by atoms with Crippen molar-refractivity contribution in [3.63, 3.8) is 0 Å². The molecule has 1 aromatic heterocycles. The van der Waals surface area contributed by atoms with Crippen molar-refractivity contribution in [1.29, 1.82) is 0 Å². The van der Waals surface area contributed by atoms with Crippen molar-refractivity contribution in [1.82, 2.24) is 9.29 Å². The summed E-state index contributed by atoms with van der Waals surface area (Å²) in [6, 6.07) is 18.7. The van der Waals surface area contributed by atoms with E-state index in [1.54, 1.807) is 16.4 Å².